The first-order valence-corrected chi connectivity index (χ1v) is 8.10. The number of hydrogen-bond donors (Lipinski definition) is 0. The molecule has 2 aromatic rings. The van der Waals surface area contributed by atoms with Crippen molar-refractivity contribution in [1.82, 2.24) is 14.5 Å². The standard InChI is InChI=1S/C17H21FN4O2.ClH/c1-2-20-8-7-19-17(20)22-11-9-21(10-12-22)16(23)13-24-15-6-4-3-5-14(15)18;/h3-8H,2,9-13H2,1H3;1H. The molecule has 0 radical (unpaired) electrons. The highest BCUT2D eigenvalue weighted by molar-refractivity contribution is 5.85. The van der Waals surface area contributed by atoms with Crippen LogP contribution in [-0.2, 0) is 11.3 Å². The van der Waals surface area contributed by atoms with Gasteiger partial charge in [-0.15, -0.1) is 12.4 Å². The number of carbonyl (C=O) groups is 1. The van der Waals surface area contributed by atoms with E-state index in [4.69, 9.17) is 4.74 Å². The van der Waals surface area contributed by atoms with E-state index in [0.29, 0.717) is 13.1 Å². The van der Waals surface area contributed by atoms with Crippen molar-refractivity contribution in [2.75, 3.05) is 37.7 Å². The van der Waals surface area contributed by atoms with Crippen molar-refractivity contribution in [3.05, 3.63) is 42.5 Å². The predicted molar refractivity (Wildman–Crippen MR) is 95.8 cm³/mol. The van der Waals surface area contributed by atoms with Crippen molar-refractivity contribution in [1.29, 1.82) is 0 Å². The van der Waals surface area contributed by atoms with Crippen LogP contribution < -0.4 is 9.64 Å². The lowest BCUT2D eigenvalue weighted by Gasteiger charge is -2.35. The fraction of sp³-hybridized carbons (Fsp3) is 0.412. The summed E-state index contributed by atoms with van der Waals surface area (Å²) in [6.07, 6.45) is 3.74. The quantitative estimate of drug-likeness (QED) is 0.811. The van der Waals surface area contributed by atoms with E-state index < -0.39 is 5.82 Å². The molecule has 1 amide bonds. The first kappa shape index (κ1) is 19.1. The third kappa shape index (κ3) is 4.42. The van der Waals surface area contributed by atoms with E-state index >= 15 is 0 Å². The van der Waals surface area contributed by atoms with Gasteiger partial charge in [0.2, 0.25) is 5.95 Å². The summed E-state index contributed by atoms with van der Waals surface area (Å²) in [5, 5.41) is 0. The summed E-state index contributed by atoms with van der Waals surface area (Å²) in [4.78, 5) is 20.5. The van der Waals surface area contributed by atoms with Crippen LogP contribution >= 0.6 is 12.4 Å². The summed E-state index contributed by atoms with van der Waals surface area (Å²) >= 11 is 0. The lowest BCUT2D eigenvalue weighted by Crippen LogP contribution is -2.50. The summed E-state index contributed by atoms with van der Waals surface area (Å²) in [5.41, 5.74) is 0. The third-order valence-electron chi connectivity index (χ3n) is 4.14. The van der Waals surface area contributed by atoms with Crippen LogP contribution in [0.4, 0.5) is 10.3 Å². The number of rotatable bonds is 5. The van der Waals surface area contributed by atoms with Crippen LogP contribution in [-0.4, -0.2) is 53.1 Å². The molecule has 0 aliphatic carbocycles. The number of carbonyl (C=O) groups excluding carboxylic acids is 1. The Balaban J connectivity index is 0.00000225. The molecule has 0 unspecified atom stereocenters. The second-order valence-corrected chi connectivity index (χ2v) is 5.60. The molecule has 0 N–H and O–H groups in total. The lowest BCUT2D eigenvalue weighted by molar-refractivity contribution is -0.133. The third-order valence-corrected chi connectivity index (χ3v) is 4.14. The minimum Gasteiger partial charge on any atom is -0.481 e. The average molecular weight is 369 g/mol. The zero-order valence-corrected chi connectivity index (χ0v) is 14.9. The molecule has 0 atom stereocenters. The fourth-order valence-corrected chi connectivity index (χ4v) is 2.78. The van der Waals surface area contributed by atoms with Gasteiger partial charge in [-0.05, 0) is 19.1 Å². The maximum atomic E-state index is 13.5. The first-order valence-electron chi connectivity index (χ1n) is 8.10. The SMILES string of the molecule is CCn1ccnc1N1CCN(C(=O)COc2ccccc2F)CC1.Cl. The number of aromatic nitrogens is 2. The Hall–Kier alpha value is -2.28. The van der Waals surface area contributed by atoms with Crippen LogP contribution in [0.1, 0.15) is 6.92 Å². The molecule has 0 spiro atoms. The number of benzene rings is 1. The molecule has 1 aromatic carbocycles. The minimum atomic E-state index is -0.457. The Bertz CT molecular complexity index is 701. The van der Waals surface area contributed by atoms with E-state index in [1.54, 1.807) is 23.2 Å². The fourth-order valence-electron chi connectivity index (χ4n) is 2.78. The van der Waals surface area contributed by atoms with Gasteiger partial charge in [-0.2, -0.15) is 0 Å². The van der Waals surface area contributed by atoms with Crippen molar-refractivity contribution in [3.8, 4) is 5.75 Å². The van der Waals surface area contributed by atoms with E-state index in [1.807, 2.05) is 6.20 Å². The van der Waals surface area contributed by atoms with Crippen LogP contribution in [0.25, 0.3) is 0 Å². The topological polar surface area (TPSA) is 50.6 Å². The molecule has 1 aromatic heterocycles. The largest absolute Gasteiger partial charge is 0.481 e. The maximum Gasteiger partial charge on any atom is 0.260 e. The molecule has 6 nitrogen and oxygen atoms in total. The highest BCUT2D eigenvalue weighted by Crippen LogP contribution is 2.17. The number of halogens is 2. The highest BCUT2D eigenvalue weighted by atomic mass is 35.5. The van der Waals surface area contributed by atoms with Gasteiger partial charge in [-0.25, -0.2) is 9.37 Å². The molecular weight excluding hydrogens is 347 g/mol. The van der Waals surface area contributed by atoms with Crippen molar-refractivity contribution in [2.24, 2.45) is 0 Å². The molecule has 25 heavy (non-hydrogen) atoms. The van der Waals surface area contributed by atoms with Crippen LogP contribution in [0.15, 0.2) is 36.7 Å². The Labute approximate surface area is 152 Å². The van der Waals surface area contributed by atoms with Crippen molar-refractivity contribution in [3.63, 3.8) is 0 Å². The molecule has 3 rings (SSSR count). The number of ether oxygens (including phenoxy) is 1. The molecule has 1 aliphatic rings. The number of imidazole rings is 1. The monoisotopic (exact) mass is 368 g/mol. The molecule has 0 bridgehead atoms. The molecule has 0 saturated carbocycles. The van der Waals surface area contributed by atoms with E-state index in [1.165, 1.54) is 12.1 Å². The Morgan fingerprint density at radius 1 is 1.24 bits per heavy atom. The van der Waals surface area contributed by atoms with E-state index in [9.17, 15) is 9.18 Å². The molecule has 8 heteroatoms. The van der Waals surface area contributed by atoms with Gasteiger partial charge in [-0.3, -0.25) is 4.79 Å². The van der Waals surface area contributed by atoms with Gasteiger partial charge in [0.1, 0.15) is 0 Å². The van der Waals surface area contributed by atoms with Gasteiger partial charge >= 0.3 is 0 Å². The van der Waals surface area contributed by atoms with Crippen LogP contribution in [0, 0.1) is 5.82 Å². The Morgan fingerprint density at radius 2 is 1.96 bits per heavy atom. The normalized spacial score (nSPS) is 14.2. The van der Waals surface area contributed by atoms with Crippen LogP contribution in [0.2, 0.25) is 0 Å². The van der Waals surface area contributed by atoms with Gasteiger partial charge < -0.3 is 19.1 Å². The van der Waals surface area contributed by atoms with E-state index in [0.717, 1.165) is 25.6 Å². The molecule has 1 aliphatic heterocycles. The summed E-state index contributed by atoms with van der Waals surface area (Å²) in [5.74, 6) is 0.458. The molecule has 1 saturated heterocycles. The zero-order chi connectivity index (χ0) is 16.9. The lowest BCUT2D eigenvalue weighted by atomic mass is 10.3. The summed E-state index contributed by atoms with van der Waals surface area (Å²) in [6.45, 7) is 5.46. The highest BCUT2D eigenvalue weighted by Gasteiger charge is 2.23. The second-order valence-electron chi connectivity index (χ2n) is 5.60. The zero-order valence-electron chi connectivity index (χ0n) is 14.1. The Kier molecular flexibility index (Phi) is 6.64. The maximum absolute atomic E-state index is 13.5. The van der Waals surface area contributed by atoms with E-state index in [-0.39, 0.29) is 30.7 Å². The number of para-hydroxylation sites is 1. The average Bonchev–Trinajstić information content (AvgIpc) is 3.09. The summed E-state index contributed by atoms with van der Waals surface area (Å²) in [6, 6.07) is 6.10. The van der Waals surface area contributed by atoms with Crippen molar-refractivity contribution < 1.29 is 13.9 Å². The number of nitrogens with zero attached hydrogens (tertiary/aromatic N) is 4. The molecule has 2 heterocycles. The van der Waals surface area contributed by atoms with Crippen molar-refractivity contribution >= 4 is 24.3 Å². The summed E-state index contributed by atoms with van der Waals surface area (Å²) in [7, 11) is 0. The molecule has 1 fully saturated rings. The number of hydrogen-bond acceptors (Lipinski definition) is 4. The van der Waals surface area contributed by atoms with Gasteiger partial charge in [-0.1, -0.05) is 12.1 Å². The van der Waals surface area contributed by atoms with Gasteiger partial charge in [0, 0.05) is 45.1 Å². The number of amides is 1. The first-order chi connectivity index (χ1) is 11.7. The molecule has 136 valence electrons. The van der Waals surface area contributed by atoms with Crippen molar-refractivity contribution in [2.45, 2.75) is 13.5 Å². The number of piperazine rings is 1. The van der Waals surface area contributed by atoms with Gasteiger partial charge in [0.25, 0.3) is 5.91 Å². The van der Waals surface area contributed by atoms with Crippen LogP contribution in [0.5, 0.6) is 5.75 Å². The van der Waals surface area contributed by atoms with Gasteiger partial charge in [0.15, 0.2) is 18.2 Å². The second kappa shape index (κ2) is 8.71. The van der Waals surface area contributed by atoms with Gasteiger partial charge in [0.05, 0.1) is 0 Å². The van der Waals surface area contributed by atoms with Crippen LogP contribution in [0.3, 0.4) is 0 Å². The number of anilines is 1. The minimum absolute atomic E-state index is 0. The smallest absolute Gasteiger partial charge is 0.260 e. The number of aryl methyl sites for hydroxylation is 1. The Morgan fingerprint density at radius 3 is 2.64 bits per heavy atom. The molecular formula is C17H22ClFN4O2. The summed E-state index contributed by atoms with van der Waals surface area (Å²) < 4.78 is 20.9. The predicted octanol–water partition coefficient (Wildman–Crippen LogP) is 2.19. The van der Waals surface area contributed by atoms with E-state index in [2.05, 4.69) is 21.4 Å².